The number of hydrogen-bond donors (Lipinski definition) is 0. The molecule has 0 amide bonds. The van der Waals surface area contributed by atoms with Crippen LogP contribution < -0.4 is 0 Å². The lowest BCUT2D eigenvalue weighted by Gasteiger charge is -2.32. The highest BCUT2D eigenvalue weighted by atomic mass is 79.9. The normalized spacial score (nSPS) is 29.2. The van der Waals surface area contributed by atoms with Gasteiger partial charge < -0.3 is 4.74 Å². The van der Waals surface area contributed by atoms with E-state index in [9.17, 15) is 0 Å². The van der Waals surface area contributed by atoms with Crippen molar-refractivity contribution in [2.75, 3.05) is 19.0 Å². The fourth-order valence-electron chi connectivity index (χ4n) is 1.68. The van der Waals surface area contributed by atoms with Crippen LogP contribution in [-0.2, 0) is 4.74 Å². The fourth-order valence-corrected chi connectivity index (χ4v) is 2.47. The van der Waals surface area contributed by atoms with Gasteiger partial charge in [-0.05, 0) is 31.1 Å². The quantitative estimate of drug-likeness (QED) is 0.535. The van der Waals surface area contributed by atoms with Crippen molar-refractivity contribution in [3.8, 4) is 0 Å². The van der Waals surface area contributed by atoms with E-state index < -0.39 is 0 Å². The highest BCUT2D eigenvalue weighted by molar-refractivity contribution is 9.09. The molecule has 12 heavy (non-hydrogen) atoms. The third kappa shape index (κ3) is 2.60. The number of alkyl halides is 1. The first kappa shape index (κ1) is 10.3. The average molecular weight is 233 g/mol. The summed E-state index contributed by atoms with van der Waals surface area (Å²) in [6.45, 7) is 0.888. The smallest absolute Gasteiger partial charge is 0.0467 e. The molecule has 0 aromatic heterocycles. The van der Waals surface area contributed by atoms with Gasteiger partial charge in [0, 0.05) is 19.0 Å². The molecular weight excluding hydrogens is 216 g/mol. The van der Waals surface area contributed by atoms with Crippen LogP contribution in [0.3, 0.4) is 0 Å². The van der Waals surface area contributed by atoms with Gasteiger partial charge in [-0.1, -0.05) is 28.1 Å². The van der Waals surface area contributed by atoms with Gasteiger partial charge in [-0.3, -0.25) is 0 Å². The zero-order valence-corrected chi connectivity index (χ0v) is 9.27. The zero-order chi connectivity index (χ0) is 8.86. The summed E-state index contributed by atoms with van der Waals surface area (Å²) in [5.74, 6) is 0. The van der Waals surface area contributed by atoms with E-state index in [4.69, 9.17) is 4.74 Å². The lowest BCUT2D eigenvalue weighted by Crippen LogP contribution is -2.25. The summed E-state index contributed by atoms with van der Waals surface area (Å²) in [6, 6.07) is 0. The van der Waals surface area contributed by atoms with E-state index in [0.717, 1.165) is 11.9 Å². The second-order valence-corrected chi connectivity index (χ2v) is 4.15. The van der Waals surface area contributed by atoms with Gasteiger partial charge in [0.25, 0.3) is 0 Å². The second-order valence-electron chi connectivity index (χ2n) is 3.59. The molecule has 1 unspecified atom stereocenters. The molecule has 1 aliphatic rings. The van der Waals surface area contributed by atoms with Crippen LogP contribution in [0, 0.1) is 5.41 Å². The van der Waals surface area contributed by atoms with Gasteiger partial charge in [0.05, 0.1) is 0 Å². The van der Waals surface area contributed by atoms with E-state index in [1.54, 1.807) is 7.11 Å². The molecule has 0 bridgehead atoms. The Morgan fingerprint density at radius 2 is 2.33 bits per heavy atom. The highest BCUT2D eigenvalue weighted by Gasteiger charge is 2.28. The van der Waals surface area contributed by atoms with Crippen LogP contribution in [-0.4, -0.2) is 19.0 Å². The number of halogens is 1. The Morgan fingerprint density at radius 1 is 1.50 bits per heavy atom. The maximum absolute atomic E-state index is 5.13. The number of ether oxygens (including phenoxy) is 1. The van der Waals surface area contributed by atoms with Crippen LogP contribution in [0.15, 0.2) is 12.2 Å². The summed E-state index contributed by atoms with van der Waals surface area (Å²) < 4.78 is 5.13. The van der Waals surface area contributed by atoms with Crippen molar-refractivity contribution < 1.29 is 4.74 Å². The van der Waals surface area contributed by atoms with Gasteiger partial charge in [0.15, 0.2) is 0 Å². The van der Waals surface area contributed by atoms with E-state index in [2.05, 4.69) is 28.1 Å². The Morgan fingerprint density at radius 3 is 2.83 bits per heavy atom. The molecule has 0 fully saturated rings. The van der Waals surface area contributed by atoms with E-state index >= 15 is 0 Å². The van der Waals surface area contributed by atoms with E-state index in [0.29, 0.717) is 5.41 Å². The molecule has 2 heteroatoms. The second kappa shape index (κ2) is 5.03. The van der Waals surface area contributed by atoms with E-state index in [1.807, 2.05) is 0 Å². The molecule has 0 aromatic rings. The van der Waals surface area contributed by atoms with Crippen molar-refractivity contribution in [2.45, 2.75) is 25.7 Å². The SMILES string of the molecule is COCCC1(CBr)CC=CCC1. The topological polar surface area (TPSA) is 9.23 Å². The van der Waals surface area contributed by atoms with Gasteiger partial charge in [-0.2, -0.15) is 0 Å². The molecule has 0 radical (unpaired) electrons. The van der Waals surface area contributed by atoms with Crippen molar-refractivity contribution in [3.05, 3.63) is 12.2 Å². The van der Waals surface area contributed by atoms with Crippen molar-refractivity contribution in [2.24, 2.45) is 5.41 Å². The molecular formula is C10H17BrO. The molecule has 0 saturated carbocycles. The maximum atomic E-state index is 5.13. The zero-order valence-electron chi connectivity index (χ0n) is 7.68. The van der Waals surface area contributed by atoms with Gasteiger partial charge >= 0.3 is 0 Å². The van der Waals surface area contributed by atoms with E-state index in [1.165, 1.54) is 25.7 Å². The number of hydrogen-bond acceptors (Lipinski definition) is 1. The van der Waals surface area contributed by atoms with Gasteiger partial charge in [-0.15, -0.1) is 0 Å². The van der Waals surface area contributed by atoms with Crippen LogP contribution in [0.25, 0.3) is 0 Å². The summed E-state index contributed by atoms with van der Waals surface area (Å²) in [4.78, 5) is 0. The van der Waals surface area contributed by atoms with Crippen LogP contribution in [0.4, 0.5) is 0 Å². The maximum Gasteiger partial charge on any atom is 0.0467 e. The Labute approximate surface area is 83.3 Å². The molecule has 0 spiro atoms. The van der Waals surface area contributed by atoms with Crippen LogP contribution in [0.2, 0.25) is 0 Å². The third-order valence-corrected chi connectivity index (χ3v) is 3.87. The Bertz CT molecular complexity index is 156. The standard InChI is InChI=1S/C10H17BrO/c1-12-8-7-10(9-11)5-3-2-4-6-10/h2-3H,4-9H2,1H3. The van der Waals surface area contributed by atoms with Crippen LogP contribution in [0.5, 0.6) is 0 Å². The fraction of sp³-hybridized carbons (Fsp3) is 0.800. The molecule has 1 aliphatic carbocycles. The van der Waals surface area contributed by atoms with Crippen molar-refractivity contribution >= 4 is 15.9 Å². The summed E-state index contributed by atoms with van der Waals surface area (Å²) in [5, 5.41) is 1.10. The summed E-state index contributed by atoms with van der Waals surface area (Å²) >= 11 is 3.61. The minimum atomic E-state index is 0.477. The largest absolute Gasteiger partial charge is 0.385 e. The molecule has 1 nitrogen and oxygen atoms in total. The molecule has 0 saturated heterocycles. The first-order valence-corrected chi connectivity index (χ1v) is 5.65. The molecule has 0 heterocycles. The molecule has 0 N–H and O–H groups in total. The number of rotatable bonds is 4. The molecule has 70 valence electrons. The van der Waals surface area contributed by atoms with Gasteiger partial charge in [0.1, 0.15) is 0 Å². The third-order valence-electron chi connectivity index (χ3n) is 2.68. The predicted octanol–water partition coefficient (Wildman–Crippen LogP) is 3.14. The van der Waals surface area contributed by atoms with Gasteiger partial charge in [0.2, 0.25) is 0 Å². The van der Waals surface area contributed by atoms with Crippen molar-refractivity contribution in [3.63, 3.8) is 0 Å². The summed E-state index contributed by atoms with van der Waals surface area (Å²) in [5.41, 5.74) is 0.477. The van der Waals surface area contributed by atoms with Crippen LogP contribution in [0.1, 0.15) is 25.7 Å². The Kier molecular flexibility index (Phi) is 4.30. The molecule has 0 aromatic carbocycles. The Balaban J connectivity index is 2.44. The van der Waals surface area contributed by atoms with E-state index in [-0.39, 0.29) is 0 Å². The molecule has 1 atom stereocenters. The average Bonchev–Trinajstić information content (AvgIpc) is 2.16. The minimum Gasteiger partial charge on any atom is -0.385 e. The molecule has 0 aliphatic heterocycles. The predicted molar refractivity (Wildman–Crippen MR) is 55.7 cm³/mol. The van der Waals surface area contributed by atoms with Crippen molar-refractivity contribution in [1.29, 1.82) is 0 Å². The first-order valence-electron chi connectivity index (χ1n) is 4.53. The number of methoxy groups -OCH3 is 1. The Hall–Kier alpha value is 0.180. The lowest BCUT2D eigenvalue weighted by molar-refractivity contribution is 0.141. The van der Waals surface area contributed by atoms with Crippen molar-refractivity contribution in [1.82, 2.24) is 0 Å². The first-order chi connectivity index (χ1) is 5.83. The summed E-state index contributed by atoms with van der Waals surface area (Å²) in [6.07, 6.45) is 9.52. The van der Waals surface area contributed by atoms with Crippen LogP contribution >= 0.6 is 15.9 Å². The summed E-state index contributed by atoms with van der Waals surface area (Å²) in [7, 11) is 1.78. The highest BCUT2D eigenvalue weighted by Crippen LogP contribution is 2.37. The minimum absolute atomic E-state index is 0.477. The molecule has 1 rings (SSSR count). The lowest BCUT2D eigenvalue weighted by atomic mass is 9.76. The number of allylic oxidation sites excluding steroid dienone is 2. The van der Waals surface area contributed by atoms with Gasteiger partial charge in [-0.25, -0.2) is 0 Å². The monoisotopic (exact) mass is 232 g/mol.